The molecule has 2 aromatic heterocycles. The van der Waals surface area contributed by atoms with Crippen LogP contribution >= 0.6 is 22.9 Å². The Morgan fingerprint density at radius 1 is 0.930 bits per heavy atom. The predicted octanol–water partition coefficient (Wildman–Crippen LogP) is 7.31. The Kier molecular flexibility index (Phi) is 8.09. The van der Waals surface area contributed by atoms with Crippen LogP contribution in [0.5, 0.6) is 0 Å². The smallest absolute Gasteiger partial charge is 0.265 e. The second kappa shape index (κ2) is 11.7. The summed E-state index contributed by atoms with van der Waals surface area (Å²) in [5, 5.41) is 3.25. The van der Waals surface area contributed by atoms with Gasteiger partial charge in [0.1, 0.15) is 5.01 Å². The molecule has 2 aliphatic rings. The Morgan fingerprint density at radius 2 is 1.65 bits per heavy atom. The minimum absolute atomic E-state index is 0.0852. The van der Waals surface area contributed by atoms with E-state index in [1.165, 1.54) is 22.6 Å². The first-order chi connectivity index (χ1) is 20.6. The molecular formula is C35H39ClN4O2S. The molecule has 1 aliphatic carbocycles. The fourth-order valence-electron chi connectivity index (χ4n) is 6.58. The van der Waals surface area contributed by atoms with Gasteiger partial charge < -0.3 is 9.80 Å². The summed E-state index contributed by atoms with van der Waals surface area (Å²) in [4.78, 5) is 38.2. The van der Waals surface area contributed by atoms with Crippen LogP contribution in [-0.2, 0) is 19.3 Å². The minimum atomic E-state index is -0.240. The molecule has 1 aliphatic heterocycles. The van der Waals surface area contributed by atoms with Crippen LogP contribution in [0.15, 0.2) is 52.6 Å². The van der Waals surface area contributed by atoms with E-state index in [1.54, 1.807) is 0 Å². The lowest BCUT2D eigenvalue weighted by Gasteiger charge is -2.37. The number of aromatic nitrogens is 2. The number of halogens is 1. The van der Waals surface area contributed by atoms with Gasteiger partial charge in [0.05, 0.1) is 16.9 Å². The number of piperazine rings is 1. The number of Topliss-reactive ketones (excluding diaryl/α,β-unsaturated/α-hetero) is 1. The van der Waals surface area contributed by atoms with Gasteiger partial charge in [-0.05, 0) is 67.1 Å². The lowest BCUT2D eigenvalue weighted by molar-refractivity contribution is 0.0909. The number of fused-ring (bicyclic) bond motifs is 1. The van der Waals surface area contributed by atoms with Gasteiger partial charge >= 0.3 is 0 Å². The number of likely N-dealkylation sites (N-methyl/N-ethyl adjacent to an activating group) is 1. The molecule has 0 saturated carbocycles. The molecule has 0 amide bonds. The normalized spacial score (nSPS) is 16.9. The average Bonchev–Trinajstić information content (AvgIpc) is 3.47. The third-order valence-corrected chi connectivity index (χ3v) is 10.0. The maximum absolute atomic E-state index is 14.8. The monoisotopic (exact) mass is 614 g/mol. The molecule has 0 unspecified atom stereocenters. The van der Waals surface area contributed by atoms with Crippen LogP contribution < -0.4 is 10.5 Å². The molecule has 43 heavy (non-hydrogen) atoms. The van der Waals surface area contributed by atoms with Crippen molar-refractivity contribution >= 4 is 34.4 Å². The molecule has 8 heteroatoms. The number of anilines is 1. The van der Waals surface area contributed by atoms with Crippen molar-refractivity contribution in [2.24, 2.45) is 5.41 Å². The largest absolute Gasteiger partial charge is 0.369 e. The van der Waals surface area contributed by atoms with Gasteiger partial charge in [0, 0.05) is 65.5 Å². The molecule has 0 N–H and O–H groups in total. The summed E-state index contributed by atoms with van der Waals surface area (Å²) in [6.45, 7) is 12.5. The number of ketones is 1. The fourth-order valence-corrected chi connectivity index (χ4v) is 7.55. The molecule has 1 saturated heterocycles. The number of rotatable bonds is 6. The number of hydrogen-bond donors (Lipinski definition) is 0. The number of aryl methyl sites for hydroxylation is 1. The average molecular weight is 615 g/mol. The second-order valence-corrected chi connectivity index (χ2v) is 13.9. The van der Waals surface area contributed by atoms with Crippen LogP contribution in [0.1, 0.15) is 61.3 Å². The van der Waals surface area contributed by atoms with E-state index in [-0.39, 0.29) is 16.8 Å². The zero-order valence-corrected chi connectivity index (χ0v) is 27.2. The molecule has 0 radical (unpaired) electrons. The molecule has 0 spiro atoms. The molecule has 224 valence electrons. The van der Waals surface area contributed by atoms with Crippen molar-refractivity contribution in [3.05, 3.63) is 85.6 Å². The Balaban J connectivity index is 1.60. The fraction of sp³-hybridized carbons (Fsp3) is 0.400. The van der Waals surface area contributed by atoms with E-state index in [4.69, 9.17) is 16.6 Å². The van der Waals surface area contributed by atoms with Gasteiger partial charge in [-0.15, -0.1) is 11.3 Å². The Morgan fingerprint density at radius 3 is 2.33 bits per heavy atom. The Labute approximate surface area is 263 Å². The number of pyridine rings is 1. The van der Waals surface area contributed by atoms with Crippen molar-refractivity contribution < 1.29 is 4.79 Å². The number of carbonyl (C=O) groups excluding carboxylic acids is 1. The highest BCUT2D eigenvalue weighted by Gasteiger charge is 2.36. The van der Waals surface area contributed by atoms with E-state index in [0.717, 1.165) is 67.2 Å². The summed E-state index contributed by atoms with van der Waals surface area (Å²) in [6, 6.07) is 13.8. The molecule has 6 nitrogen and oxygen atoms in total. The van der Waals surface area contributed by atoms with Gasteiger partial charge in [0.15, 0.2) is 5.78 Å². The highest BCUT2D eigenvalue weighted by molar-refractivity contribution is 7.13. The number of thiazole rings is 1. The third kappa shape index (κ3) is 5.59. The number of hydrogen-bond acceptors (Lipinski definition) is 6. The van der Waals surface area contributed by atoms with E-state index in [2.05, 4.69) is 56.7 Å². The zero-order valence-electron chi connectivity index (χ0n) is 25.7. The molecule has 1 fully saturated rings. The maximum atomic E-state index is 14.8. The van der Waals surface area contributed by atoms with Crippen molar-refractivity contribution in [2.45, 2.75) is 53.4 Å². The second-order valence-electron chi connectivity index (χ2n) is 12.6. The molecule has 4 aromatic rings. The quantitative estimate of drug-likeness (QED) is 0.228. The zero-order chi connectivity index (χ0) is 30.5. The summed E-state index contributed by atoms with van der Waals surface area (Å²) in [5.41, 5.74) is 7.74. The number of benzene rings is 2. The van der Waals surface area contributed by atoms with Crippen LogP contribution in [0.2, 0.25) is 5.02 Å². The molecule has 0 bridgehead atoms. The summed E-state index contributed by atoms with van der Waals surface area (Å²) >= 11 is 7.55. The maximum Gasteiger partial charge on any atom is 0.265 e. The van der Waals surface area contributed by atoms with E-state index < -0.39 is 0 Å². The van der Waals surface area contributed by atoms with E-state index in [0.29, 0.717) is 34.0 Å². The highest BCUT2D eigenvalue weighted by atomic mass is 35.5. The van der Waals surface area contributed by atoms with Gasteiger partial charge in [-0.25, -0.2) is 4.98 Å². The summed E-state index contributed by atoms with van der Waals surface area (Å²) < 4.78 is 1.91. The van der Waals surface area contributed by atoms with E-state index in [1.807, 2.05) is 40.3 Å². The first kappa shape index (κ1) is 29.8. The Bertz CT molecular complexity index is 1750. The van der Waals surface area contributed by atoms with Gasteiger partial charge in [-0.2, -0.15) is 0 Å². The van der Waals surface area contributed by atoms with E-state index in [9.17, 15) is 9.59 Å². The standard InChI is InChI=1S/C35H39ClN4O2S/c1-6-22-10-13-29(39-16-14-38(5)15-17-39)25(7-2)32(22)40-30-19-35(3,4)20-31(41)26(30)18-27(34(40)42)33-37-28(21-43-33)23-8-11-24(36)12-9-23/h8-13,18,21H,6-7,14-17,19-20H2,1-5H3. The van der Waals surface area contributed by atoms with Crippen molar-refractivity contribution in [1.82, 2.24) is 14.5 Å². The van der Waals surface area contributed by atoms with E-state index >= 15 is 0 Å². The highest BCUT2D eigenvalue weighted by Crippen LogP contribution is 2.40. The minimum Gasteiger partial charge on any atom is -0.369 e. The lowest BCUT2D eigenvalue weighted by atomic mass is 9.75. The van der Waals surface area contributed by atoms with Crippen LogP contribution in [0.3, 0.4) is 0 Å². The SMILES string of the molecule is CCc1ccc(N2CCN(C)CC2)c(CC)c1-n1c2c(cc(-c3nc(-c4ccc(Cl)cc4)cs3)c1=O)C(=O)CC(C)(C)C2. The Hall–Kier alpha value is -3.26. The van der Waals surface area contributed by atoms with Crippen LogP contribution in [0, 0.1) is 5.41 Å². The van der Waals surface area contributed by atoms with Gasteiger partial charge in [0.25, 0.3) is 5.56 Å². The van der Waals surface area contributed by atoms with Crippen molar-refractivity contribution in [2.75, 3.05) is 38.1 Å². The lowest BCUT2D eigenvalue weighted by Crippen LogP contribution is -2.45. The molecule has 6 rings (SSSR count). The first-order valence-corrected chi connectivity index (χ1v) is 16.5. The van der Waals surface area contributed by atoms with Crippen molar-refractivity contribution in [1.29, 1.82) is 0 Å². The molecule has 3 heterocycles. The van der Waals surface area contributed by atoms with Gasteiger partial charge in [0.2, 0.25) is 0 Å². The number of carbonyl (C=O) groups is 1. The first-order valence-electron chi connectivity index (χ1n) is 15.2. The van der Waals surface area contributed by atoms with Gasteiger partial charge in [-0.1, -0.05) is 57.5 Å². The molecular weight excluding hydrogens is 576 g/mol. The van der Waals surface area contributed by atoms with Gasteiger partial charge in [-0.3, -0.25) is 14.2 Å². The topological polar surface area (TPSA) is 58.4 Å². The van der Waals surface area contributed by atoms with Crippen LogP contribution in [-0.4, -0.2) is 53.5 Å². The summed E-state index contributed by atoms with van der Waals surface area (Å²) in [6.07, 6.45) is 2.67. The predicted molar refractivity (Wildman–Crippen MR) is 178 cm³/mol. The molecule has 2 aromatic carbocycles. The third-order valence-electron chi connectivity index (χ3n) is 8.91. The number of nitrogens with zero attached hydrogens (tertiary/aromatic N) is 4. The summed E-state index contributed by atoms with van der Waals surface area (Å²) in [7, 11) is 2.16. The van der Waals surface area contributed by atoms with Crippen LogP contribution in [0.4, 0.5) is 5.69 Å². The van der Waals surface area contributed by atoms with Crippen molar-refractivity contribution in [3.63, 3.8) is 0 Å². The van der Waals surface area contributed by atoms with Crippen LogP contribution in [0.25, 0.3) is 27.5 Å². The molecule has 0 atom stereocenters. The summed E-state index contributed by atoms with van der Waals surface area (Å²) in [5.74, 6) is 0.0852. The van der Waals surface area contributed by atoms with Crippen molar-refractivity contribution in [3.8, 4) is 27.5 Å².